The van der Waals surface area contributed by atoms with Gasteiger partial charge in [-0.3, -0.25) is 0 Å². The normalized spacial score (nSPS) is 12.2. The smallest absolute Gasteiger partial charge is 0.187 e. The summed E-state index contributed by atoms with van der Waals surface area (Å²) in [5.41, 5.74) is 1.04. The van der Waals surface area contributed by atoms with Crippen molar-refractivity contribution < 1.29 is 0 Å². The van der Waals surface area contributed by atoms with Crippen LogP contribution in [0.25, 0.3) is 26.3 Å². The molecule has 0 unspecified atom stereocenters. The van der Waals surface area contributed by atoms with E-state index < -0.39 is 0 Å². The summed E-state index contributed by atoms with van der Waals surface area (Å²) in [6.07, 6.45) is 0. The second kappa shape index (κ2) is 3.74. The van der Waals surface area contributed by atoms with Crippen LogP contribution in [0.4, 0.5) is 0 Å². The Kier molecular flexibility index (Phi) is 2.14. The van der Waals surface area contributed by atoms with Gasteiger partial charge in [-0.1, -0.05) is 49.4 Å². The first-order chi connectivity index (χ1) is 9.24. The lowest BCUT2D eigenvalue weighted by Gasteiger charge is -2.03. The second-order valence-corrected chi connectivity index (χ2v) is 5.96. The van der Waals surface area contributed by atoms with Crippen LogP contribution in [0.2, 0.25) is 0 Å². The van der Waals surface area contributed by atoms with Crippen LogP contribution in [0, 0.1) is 0 Å². The summed E-state index contributed by atoms with van der Waals surface area (Å²) >= 11 is 1.64. The van der Waals surface area contributed by atoms with Crippen molar-refractivity contribution in [2.24, 2.45) is 0 Å². The van der Waals surface area contributed by atoms with Gasteiger partial charge in [-0.25, -0.2) is 0 Å². The van der Waals surface area contributed by atoms with Crippen LogP contribution in [-0.4, -0.2) is 19.8 Å². The third kappa shape index (κ3) is 1.48. The van der Waals surface area contributed by atoms with Crippen LogP contribution in [0.3, 0.4) is 0 Å². The monoisotopic (exact) mass is 268 g/mol. The van der Waals surface area contributed by atoms with E-state index in [0.717, 1.165) is 21.4 Å². The van der Waals surface area contributed by atoms with Crippen molar-refractivity contribution in [3.8, 4) is 10.6 Å². The molecule has 0 N–H and O–H groups in total. The van der Waals surface area contributed by atoms with Gasteiger partial charge in [0.1, 0.15) is 5.69 Å². The first-order valence-corrected chi connectivity index (χ1v) is 7.09. The lowest BCUT2D eigenvalue weighted by atomic mass is 10.2. The fourth-order valence-electron chi connectivity index (χ4n) is 2.35. The molecule has 0 amide bonds. The maximum absolute atomic E-state index is 4.75. The van der Waals surface area contributed by atoms with Gasteiger partial charge < -0.3 is 0 Å². The van der Waals surface area contributed by atoms with E-state index in [2.05, 4.69) is 48.3 Å². The van der Waals surface area contributed by atoms with Crippen molar-refractivity contribution in [2.75, 3.05) is 0 Å². The molecule has 0 fully saturated rings. The molecule has 0 bridgehead atoms. The maximum atomic E-state index is 4.75. The third-order valence-corrected chi connectivity index (χ3v) is 4.26. The molecule has 0 saturated carbocycles. The molecule has 4 rings (SSSR count). The molecule has 0 saturated heterocycles. The average Bonchev–Trinajstić information content (AvgIpc) is 2.96. The minimum atomic E-state index is 0.313. The molecule has 5 heteroatoms. The Bertz CT molecular complexity index is 858. The number of nitrogens with zero attached hydrogens (tertiary/aromatic N) is 4. The van der Waals surface area contributed by atoms with E-state index in [9.17, 15) is 0 Å². The van der Waals surface area contributed by atoms with Gasteiger partial charge in [-0.05, 0) is 11.5 Å². The SMILES string of the molecule is CC(C)c1nnc2sc3cc4ccccc4c-3nn12. The van der Waals surface area contributed by atoms with E-state index >= 15 is 0 Å². The zero-order valence-corrected chi connectivity index (χ0v) is 11.5. The van der Waals surface area contributed by atoms with E-state index in [4.69, 9.17) is 5.10 Å². The summed E-state index contributed by atoms with van der Waals surface area (Å²) in [6.45, 7) is 4.21. The molecule has 4 nitrogen and oxygen atoms in total. The van der Waals surface area contributed by atoms with Gasteiger partial charge in [-0.15, -0.1) is 10.2 Å². The molecule has 0 atom stereocenters. The Balaban J connectivity index is 2.15. The predicted octanol–water partition coefficient (Wildman–Crippen LogP) is 3.57. The third-order valence-electron chi connectivity index (χ3n) is 3.29. The molecule has 19 heavy (non-hydrogen) atoms. The number of hydrogen-bond donors (Lipinski definition) is 0. The molecule has 0 spiro atoms. The van der Waals surface area contributed by atoms with Gasteiger partial charge in [0.2, 0.25) is 4.96 Å². The molecule has 1 aliphatic heterocycles. The zero-order valence-electron chi connectivity index (χ0n) is 10.7. The number of benzene rings is 1. The molecule has 94 valence electrons. The van der Waals surface area contributed by atoms with Gasteiger partial charge >= 0.3 is 0 Å². The van der Waals surface area contributed by atoms with Gasteiger partial charge in [0.05, 0.1) is 4.88 Å². The molecule has 2 heterocycles. The Morgan fingerprint density at radius 3 is 2.84 bits per heavy atom. The lowest BCUT2D eigenvalue weighted by molar-refractivity contribution is 0.725. The molecule has 1 aromatic heterocycles. The zero-order chi connectivity index (χ0) is 13.0. The van der Waals surface area contributed by atoms with Gasteiger partial charge in [0, 0.05) is 11.3 Å². The van der Waals surface area contributed by atoms with Crippen molar-refractivity contribution >= 4 is 27.1 Å². The van der Waals surface area contributed by atoms with Crippen molar-refractivity contribution in [3.05, 3.63) is 36.2 Å². The Morgan fingerprint density at radius 2 is 2.00 bits per heavy atom. The highest BCUT2D eigenvalue weighted by atomic mass is 32.1. The summed E-state index contributed by atoms with van der Waals surface area (Å²) in [7, 11) is 0. The first-order valence-electron chi connectivity index (χ1n) is 6.27. The highest BCUT2D eigenvalue weighted by molar-refractivity contribution is 7.20. The minimum absolute atomic E-state index is 0.313. The highest BCUT2D eigenvalue weighted by Gasteiger charge is 2.17. The topological polar surface area (TPSA) is 43.1 Å². The van der Waals surface area contributed by atoms with E-state index in [1.165, 1.54) is 10.8 Å². The summed E-state index contributed by atoms with van der Waals surface area (Å²) in [5, 5.41) is 15.6. The first kappa shape index (κ1) is 10.9. The Labute approximate surface area is 114 Å². The standard InChI is InChI=1S/C14H12N4S/c1-8(2)13-15-16-14-18(13)17-12-10-6-4-3-5-9(10)7-11(12)19-14/h3-8H,1-2H3. The molecule has 2 aromatic rings. The van der Waals surface area contributed by atoms with Gasteiger partial charge in [-0.2, -0.15) is 9.61 Å². The summed E-state index contributed by atoms with van der Waals surface area (Å²) in [5.74, 6) is 1.23. The second-order valence-electron chi connectivity index (χ2n) is 4.95. The van der Waals surface area contributed by atoms with Gasteiger partial charge in [0.25, 0.3) is 0 Å². The largest absolute Gasteiger partial charge is 0.233 e. The van der Waals surface area contributed by atoms with Crippen LogP contribution < -0.4 is 0 Å². The quantitative estimate of drug-likeness (QED) is 0.530. The van der Waals surface area contributed by atoms with Crippen molar-refractivity contribution in [1.29, 1.82) is 0 Å². The van der Waals surface area contributed by atoms with Gasteiger partial charge in [0.15, 0.2) is 5.82 Å². The highest BCUT2D eigenvalue weighted by Crippen LogP contribution is 2.36. The number of hydrogen-bond acceptors (Lipinski definition) is 4. The van der Waals surface area contributed by atoms with Crippen LogP contribution in [0.1, 0.15) is 25.6 Å². The van der Waals surface area contributed by atoms with E-state index in [1.54, 1.807) is 11.3 Å². The Morgan fingerprint density at radius 1 is 1.16 bits per heavy atom. The Hall–Kier alpha value is -2.01. The number of aromatic nitrogens is 4. The minimum Gasteiger partial charge on any atom is -0.187 e. The van der Waals surface area contributed by atoms with Crippen molar-refractivity contribution in [2.45, 2.75) is 19.8 Å². The van der Waals surface area contributed by atoms with Crippen LogP contribution in [-0.2, 0) is 0 Å². The molecular weight excluding hydrogens is 256 g/mol. The van der Waals surface area contributed by atoms with E-state index in [0.29, 0.717) is 5.92 Å². The molecular formula is C14H12N4S. The van der Waals surface area contributed by atoms with E-state index in [1.807, 2.05) is 10.6 Å². The summed E-state index contributed by atoms with van der Waals surface area (Å²) in [6, 6.07) is 10.5. The van der Waals surface area contributed by atoms with Crippen molar-refractivity contribution in [1.82, 2.24) is 19.8 Å². The predicted molar refractivity (Wildman–Crippen MR) is 76.9 cm³/mol. The fourth-order valence-corrected chi connectivity index (χ4v) is 3.29. The fraction of sp³-hybridized carbons (Fsp3) is 0.214. The lowest BCUT2D eigenvalue weighted by Crippen LogP contribution is -2.01. The number of fused-ring (bicyclic) bond motifs is 4. The summed E-state index contributed by atoms with van der Waals surface area (Å²) in [4.78, 5) is 2.02. The summed E-state index contributed by atoms with van der Waals surface area (Å²) < 4.78 is 1.88. The molecule has 1 aliphatic carbocycles. The van der Waals surface area contributed by atoms with Crippen LogP contribution >= 0.6 is 11.3 Å². The average molecular weight is 268 g/mol. The molecule has 2 aliphatic rings. The number of rotatable bonds is 1. The van der Waals surface area contributed by atoms with Crippen LogP contribution in [0.15, 0.2) is 30.3 Å². The van der Waals surface area contributed by atoms with Crippen molar-refractivity contribution in [3.63, 3.8) is 0 Å². The maximum Gasteiger partial charge on any atom is 0.233 e. The van der Waals surface area contributed by atoms with E-state index in [-0.39, 0.29) is 0 Å². The molecule has 1 aromatic carbocycles. The molecule has 0 radical (unpaired) electrons. The van der Waals surface area contributed by atoms with Crippen LogP contribution in [0.5, 0.6) is 0 Å².